The van der Waals surface area contributed by atoms with Crippen LogP contribution in [0.3, 0.4) is 0 Å². The van der Waals surface area contributed by atoms with Gasteiger partial charge in [0.05, 0.1) is 28.4 Å². The van der Waals surface area contributed by atoms with E-state index < -0.39 is 0 Å². The molecular formula is C13H11N5S. The maximum absolute atomic E-state index is 8.96. The molecule has 1 aromatic carbocycles. The highest BCUT2D eigenvalue weighted by Crippen LogP contribution is 2.28. The lowest BCUT2D eigenvalue weighted by Crippen LogP contribution is -1.94. The van der Waals surface area contributed by atoms with Crippen molar-refractivity contribution in [2.24, 2.45) is 7.05 Å². The zero-order chi connectivity index (χ0) is 13.4. The second-order valence-electron chi connectivity index (χ2n) is 4.21. The molecule has 0 unspecified atom stereocenters. The van der Waals surface area contributed by atoms with Gasteiger partial charge in [-0.3, -0.25) is 0 Å². The average molecular weight is 269 g/mol. The Labute approximate surface area is 114 Å². The van der Waals surface area contributed by atoms with Gasteiger partial charge in [-0.2, -0.15) is 5.26 Å². The van der Waals surface area contributed by atoms with Crippen LogP contribution in [0.15, 0.2) is 18.2 Å². The molecule has 3 aromatic rings. The quantitative estimate of drug-likeness (QED) is 0.717. The number of imidazole rings is 1. The van der Waals surface area contributed by atoms with Gasteiger partial charge in [-0.15, -0.1) is 5.10 Å². The number of rotatable bonds is 2. The lowest BCUT2D eigenvalue weighted by molar-refractivity contribution is 0.945. The highest BCUT2D eigenvalue weighted by Gasteiger charge is 2.16. The Morgan fingerprint density at radius 1 is 1.42 bits per heavy atom. The first-order chi connectivity index (χ1) is 9.24. The zero-order valence-electron chi connectivity index (χ0n) is 10.6. The number of fused-ring (bicyclic) bond motifs is 1. The Bertz CT molecular complexity index is 793. The summed E-state index contributed by atoms with van der Waals surface area (Å²) in [6.45, 7) is 2.05. The van der Waals surface area contributed by atoms with Gasteiger partial charge in [0, 0.05) is 7.05 Å². The molecule has 0 spiro atoms. The predicted octanol–water partition coefficient (Wildman–Crippen LogP) is 2.53. The summed E-state index contributed by atoms with van der Waals surface area (Å²) < 4.78 is 5.99. The van der Waals surface area contributed by atoms with Crippen molar-refractivity contribution < 1.29 is 0 Å². The molecule has 5 nitrogen and oxygen atoms in total. The van der Waals surface area contributed by atoms with Gasteiger partial charge in [0.25, 0.3) is 0 Å². The fourth-order valence-electron chi connectivity index (χ4n) is 2.07. The summed E-state index contributed by atoms with van der Waals surface area (Å²) in [5.41, 5.74) is 3.43. The van der Waals surface area contributed by atoms with E-state index in [2.05, 4.69) is 27.6 Å². The minimum Gasteiger partial charge on any atom is -0.326 e. The Kier molecular flexibility index (Phi) is 2.76. The van der Waals surface area contributed by atoms with Gasteiger partial charge in [-0.25, -0.2) is 4.98 Å². The van der Waals surface area contributed by atoms with E-state index in [-0.39, 0.29) is 0 Å². The van der Waals surface area contributed by atoms with Crippen LogP contribution in [-0.4, -0.2) is 19.1 Å². The van der Waals surface area contributed by atoms with E-state index >= 15 is 0 Å². The molecule has 0 aliphatic rings. The van der Waals surface area contributed by atoms with Crippen LogP contribution in [0.1, 0.15) is 18.2 Å². The lowest BCUT2D eigenvalue weighted by Gasteiger charge is -2.00. The van der Waals surface area contributed by atoms with Crippen molar-refractivity contribution in [2.75, 3.05) is 0 Å². The van der Waals surface area contributed by atoms with Crippen molar-refractivity contribution in [3.8, 4) is 16.8 Å². The number of aromatic nitrogens is 4. The molecule has 94 valence electrons. The van der Waals surface area contributed by atoms with E-state index in [1.807, 2.05) is 23.7 Å². The second kappa shape index (κ2) is 4.44. The number of hydrogen-bond acceptors (Lipinski definition) is 5. The summed E-state index contributed by atoms with van der Waals surface area (Å²) >= 11 is 1.36. The monoisotopic (exact) mass is 269 g/mol. The first-order valence-corrected chi connectivity index (χ1v) is 6.70. The van der Waals surface area contributed by atoms with Crippen molar-refractivity contribution in [1.29, 1.82) is 5.26 Å². The summed E-state index contributed by atoms with van der Waals surface area (Å²) in [6, 6.07) is 7.66. The Morgan fingerprint density at radius 3 is 3.00 bits per heavy atom. The fraction of sp³-hybridized carbons (Fsp3) is 0.231. The number of nitriles is 1. The zero-order valence-corrected chi connectivity index (χ0v) is 11.4. The SMILES string of the molecule is CCc1nnsc1-c1nc2ccc(C#N)cc2n1C. The van der Waals surface area contributed by atoms with Crippen LogP contribution in [0.4, 0.5) is 0 Å². The average Bonchev–Trinajstić information content (AvgIpc) is 3.03. The van der Waals surface area contributed by atoms with Crippen LogP contribution in [0.5, 0.6) is 0 Å². The van der Waals surface area contributed by atoms with E-state index in [9.17, 15) is 0 Å². The molecule has 0 fully saturated rings. The molecule has 3 rings (SSSR count). The molecule has 0 saturated carbocycles. The molecule has 0 amide bonds. The van der Waals surface area contributed by atoms with Gasteiger partial charge in [0.1, 0.15) is 4.88 Å². The maximum atomic E-state index is 8.96. The van der Waals surface area contributed by atoms with Crippen molar-refractivity contribution >= 4 is 22.6 Å². The summed E-state index contributed by atoms with van der Waals surface area (Å²) in [7, 11) is 1.95. The molecule has 0 saturated heterocycles. The highest BCUT2D eigenvalue weighted by molar-refractivity contribution is 7.09. The Hall–Kier alpha value is -2.26. The third-order valence-electron chi connectivity index (χ3n) is 3.10. The summed E-state index contributed by atoms with van der Waals surface area (Å²) in [4.78, 5) is 5.62. The van der Waals surface area contributed by atoms with Gasteiger partial charge in [0.15, 0.2) is 5.82 Å². The molecule has 0 radical (unpaired) electrons. The normalized spacial score (nSPS) is 10.8. The minimum absolute atomic E-state index is 0.639. The van der Waals surface area contributed by atoms with Crippen LogP contribution in [0.2, 0.25) is 0 Å². The summed E-state index contributed by atoms with van der Waals surface area (Å²) in [5.74, 6) is 0.858. The third kappa shape index (κ3) is 1.79. The van der Waals surface area contributed by atoms with Crippen LogP contribution in [-0.2, 0) is 13.5 Å². The molecule has 0 aliphatic heterocycles. The fourth-order valence-corrected chi connectivity index (χ4v) is 2.85. The minimum atomic E-state index is 0.639. The number of hydrogen-bond donors (Lipinski definition) is 0. The molecule has 0 bridgehead atoms. The van der Waals surface area contributed by atoms with Crippen LogP contribution in [0, 0.1) is 11.3 Å². The van der Waals surface area contributed by atoms with E-state index in [1.54, 1.807) is 6.07 Å². The molecule has 19 heavy (non-hydrogen) atoms. The van der Waals surface area contributed by atoms with Crippen LogP contribution >= 0.6 is 11.5 Å². The van der Waals surface area contributed by atoms with Crippen LogP contribution in [0.25, 0.3) is 21.7 Å². The lowest BCUT2D eigenvalue weighted by atomic mass is 10.2. The van der Waals surface area contributed by atoms with Crippen molar-refractivity contribution in [1.82, 2.24) is 19.1 Å². The van der Waals surface area contributed by atoms with Crippen LogP contribution < -0.4 is 0 Å². The number of nitrogens with zero attached hydrogens (tertiary/aromatic N) is 5. The molecule has 0 aliphatic carbocycles. The smallest absolute Gasteiger partial charge is 0.154 e. The predicted molar refractivity (Wildman–Crippen MR) is 73.7 cm³/mol. The van der Waals surface area contributed by atoms with E-state index in [4.69, 9.17) is 5.26 Å². The van der Waals surface area contributed by atoms with E-state index in [1.165, 1.54) is 11.5 Å². The van der Waals surface area contributed by atoms with Crippen molar-refractivity contribution in [3.63, 3.8) is 0 Å². The highest BCUT2D eigenvalue weighted by atomic mass is 32.1. The first kappa shape index (κ1) is 11.8. The van der Waals surface area contributed by atoms with E-state index in [0.29, 0.717) is 5.56 Å². The molecule has 0 N–H and O–H groups in total. The Morgan fingerprint density at radius 2 is 2.26 bits per heavy atom. The van der Waals surface area contributed by atoms with Gasteiger partial charge in [0.2, 0.25) is 0 Å². The number of aryl methyl sites for hydroxylation is 2. The van der Waals surface area contributed by atoms with Gasteiger partial charge >= 0.3 is 0 Å². The standard InChI is InChI=1S/C13H11N5S/c1-3-9-12(19-17-16-9)13-15-10-5-4-8(7-14)6-11(10)18(13)2/h4-6H,3H2,1-2H3. The maximum Gasteiger partial charge on any atom is 0.154 e. The van der Waals surface area contributed by atoms with Crippen molar-refractivity contribution in [2.45, 2.75) is 13.3 Å². The molecule has 2 aromatic heterocycles. The molecular weight excluding hydrogens is 258 g/mol. The largest absolute Gasteiger partial charge is 0.326 e. The topological polar surface area (TPSA) is 67.4 Å². The molecule has 6 heteroatoms. The first-order valence-electron chi connectivity index (χ1n) is 5.92. The summed E-state index contributed by atoms with van der Waals surface area (Å²) in [5, 5.41) is 13.1. The Balaban J connectivity index is 2.26. The molecule has 2 heterocycles. The molecule has 0 atom stereocenters. The van der Waals surface area contributed by atoms with Gasteiger partial charge in [-0.1, -0.05) is 11.4 Å². The third-order valence-corrected chi connectivity index (χ3v) is 3.87. The van der Waals surface area contributed by atoms with Gasteiger partial charge in [-0.05, 0) is 36.2 Å². The second-order valence-corrected chi connectivity index (χ2v) is 4.97. The number of benzene rings is 1. The van der Waals surface area contributed by atoms with Gasteiger partial charge < -0.3 is 4.57 Å². The van der Waals surface area contributed by atoms with E-state index in [0.717, 1.165) is 33.8 Å². The summed E-state index contributed by atoms with van der Waals surface area (Å²) in [6.07, 6.45) is 0.832. The van der Waals surface area contributed by atoms with Crippen molar-refractivity contribution in [3.05, 3.63) is 29.5 Å².